The van der Waals surface area contributed by atoms with Crippen LogP contribution in [0.2, 0.25) is 0 Å². The van der Waals surface area contributed by atoms with E-state index in [0.29, 0.717) is 0 Å². The smallest absolute Gasteiger partial charge is 0.151 e. The van der Waals surface area contributed by atoms with E-state index >= 15 is 0 Å². The lowest BCUT2D eigenvalue weighted by atomic mass is 10.1. The third-order valence-electron chi connectivity index (χ3n) is 3.32. The van der Waals surface area contributed by atoms with Crippen molar-refractivity contribution in [3.8, 4) is 0 Å². The molecular weight excluding hydrogens is 234 g/mol. The first kappa shape index (κ1) is 14.2. The molecule has 0 aliphatic heterocycles. The van der Waals surface area contributed by atoms with Gasteiger partial charge in [0.2, 0.25) is 0 Å². The Kier molecular flexibility index (Phi) is 4.71. The summed E-state index contributed by atoms with van der Waals surface area (Å²) in [6, 6.07) is 10.1. The molecule has 0 saturated carbocycles. The van der Waals surface area contributed by atoms with Gasteiger partial charge in [-0.1, -0.05) is 30.3 Å². The highest BCUT2D eigenvalue weighted by Gasteiger charge is 2.25. The van der Waals surface area contributed by atoms with Gasteiger partial charge in [0.25, 0.3) is 0 Å². The first-order valence-corrected chi connectivity index (χ1v) is 7.71. The molecule has 0 radical (unpaired) electrons. The number of rotatable bonds is 5. The molecule has 3 nitrogen and oxygen atoms in total. The SMILES string of the molecule is C[C@H]([C@H](C)N(C)Cc1ccccc1)S(C)(=O)=O. The topological polar surface area (TPSA) is 37.4 Å². The number of hydrogen-bond donors (Lipinski definition) is 0. The molecule has 0 bridgehead atoms. The van der Waals surface area contributed by atoms with Gasteiger partial charge in [0.05, 0.1) is 5.25 Å². The molecule has 0 heterocycles. The van der Waals surface area contributed by atoms with Gasteiger partial charge in [-0.15, -0.1) is 0 Å². The molecule has 2 atom stereocenters. The summed E-state index contributed by atoms with van der Waals surface area (Å²) in [5.41, 5.74) is 1.20. The molecular formula is C13H21NO2S. The van der Waals surface area contributed by atoms with Crippen LogP contribution in [0.25, 0.3) is 0 Å². The van der Waals surface area contributed by atoms with Crippen LogP contribution < -0.4 is 0 Å². The van der Waals surface area contributed by atoms with Crippen molar-refractivity contribution in [2.24, 2.45) is 0 Å². The van der Waals surface area contributed by atoms with Crippen molar-refractivity contribution >= 4 is 9.84 Å². The van der Waals surface area contributed by atoms with E-state index in [1.165, 1.54) is 11.8 Å². The summed E-state index contributed by atoms with van der Waals surface area (Å²) in [5.74, 6) is 0. The molecule has 0 aliphatic carbocycles. The van der Waals surface area contributed by atoms with Crippen LogP contribution in [0, 0.1) is 0 Å². The maximum Gasteiger partial charge on any atom is 0.151 e. The Balaban J connectivity index is 2.68. The highest BCUT2D eigenvalue weighted by Crippen LogP contribution is 2.13. The Morgan fingerprint density at radius 3 is 2.18 bits per heavy atom. The lowest BCUT2D eigenvalue weighted by Crippen LogP contribution is -2.40. The van der Waals surface area contributed by atoms with Gasteiger partial charge in [0.1, 0.15) is 0 Å². The van der Waals surface area contributed by atoms with Gasteiger partial charge in [-0.25, -0.2) is 8.42 Å². The average molecular weight is 255 g/mol. The monoisotopic (exact) mass is 255 g/mol. The summed E-state index contributed by atoms with van der Waals surface area (Å²) >= 11 is 0. The number of benzene rings is 1. The van der Waals surface area contributed by atoms with E-state index in [1.807, 2.05) is 44.3 Å². The van der Waals surface area contributed by atoms with Gasteiger partial charge in [0, 0.05) is 18.8 Å². The summed E-state index contributed by atoms with van der Waals surface area (Å²) in [6.07, 6.45) is 1.30. The molecule has 4 heteroatoms. The molecule has 17 heavy (non-hydrogen) atoms. The predicted molar refractivity (Wildman–Crippen MR) is 71.7 cm³/mol. The Morgan fingerprint density at radius 1 is 1.18 bits per heavy atom. The summed E-state index contributed by atoms with van der Waals surface area (Å²) in [5, 5.41) is -0.351. The minimum absolute atomic E-state index is 0.00482. The van der Waals surface area contributed by atoms with Crippen molar-refractivity contribution in [1.29, 1.82) is 0 Å². The minimum atomic E-state index is -2.98. The standard InChI is InChI=1S/C13H21NO2S/c1-11(12(2)17(4,15)16)14(3)10-13-8-6-5-7-9-13/h5-9,11-12H,10H2,1-4H3/t11-,12+/m0/s1. The number of hydrogen-bond acceptors (Lipinski definition) is 3. The predicted octanol–water partition coefficient (Wildman–Crippen LogP) is 1.94. The summed E-state index contributed by atoms with van der Waals surface area (Å²) in [4.78, 5) is 2.07. The van der Waals surface area contributed by atoms with Crippen molar-refractivity contribution in [3.63, 3.8) is 0 Å². The van der Waals surface area contributed by atoms with E-state index in [2.05, 4.69) is 4.90 Å². The molecule has 0 unspecified atom stereocenters. The second-order valence-electron chi connectivity index (χ2n) is 4.68. The first-order valence-electron chi connectivity index (χ1n) is 5.75. The largest absolute Gasteiger partial charge is 0.298 e. The zero-order valence-corrected chi connectivity index (χ0v) is 11.7. The molecule has 1 aromatic rings. The van der Waals surface area contributed by atoms with E-state index < -0.39 is 9.84 Å². The van der Waals surface area contributed by atoms with Crippen molar-refractivity contribution in [2.45, 2.75) is 31.7 Å². The van der Waals surface area contributed by atoms with Crippen molar-refractivity contribution in [2.75, 3.05) is 13.3 Å². The third-order valence-corrected chi connectivity index (χ3v) is 5.07. The normalized spacial score (nSPS) is 15.8. The van der Waals surface area contributed by atoms with Crippen LogP contribution in [-0.4, -0.2) is 37.9 Å². The van der Waals surface area contributed by atoms with E-state index in [1.54, 1.807) is 6.92 Å². The molecule has 96 valence electrons. The zero-order chi connectivity index (χ0) is 13.1. The Labute approximate surface area is 104 Å². The van der Waals surface area contributed by atoms with E-state index in [0.717, 1.165) is 6.54 Å². The third kappa shape index (κ3) is 4.13. The molecule has 0 saturated heterocycles. The molecule has 1 rings (SSSR count). The van der Waals surface area contributed by atoms with Crippen LogP contribution in [-0.2, 0) is 16.4 Å². The molecule has 0 N–H and O–H groups in total. The highest BCUT2D eigenvalue weighted by atomic mass is 32.2. The fraction of sp³-hybridized carbons (Fsp3) is 0.538. The molecule has 0 amide bonds. The van der Waals surface area contributed by atoms with Crippen LogP contribution in [0.15, 0.2) is 30.3 Å². The second kappa shape index (κ2) is 5.65. The highest BCUT2D eigenvalue weighted by molar-refractivity contribution is 7.91. The van der Waals surface area contributed by atoms with E-state index in [-0.39, 0.29) is 11.3 Å². The first-order chi connectivity index (χ1) is 7.82. The van der Waals surface area contributed by atoms with Crippen LogP contribution in [0.1, 0.15) is 19.4 Å². The lowest BCUT2D eigenvalue weighted by Gasteiger charge is -2.28. The Hall–Kier alpha value is -0.870. The zero-order valence-electron chi connectivity index (χ0n) is 10.9. The molecule has 0 aromatic heterocycles. The van der Waals surface area contributed by atoms with Crippen molar-refractivity contribution in [1.82, 2.24) is 4.90 Å². The van der Waals surface area contributed by atoms with Crippen LogP contribution in [0.3, 0.4) is 0 Å². The maximum absolute atomic E-state index is 11.5. The van der Waals surface area contributed by atoms with Gasteiger partial charge in [0.15, 0.2) is 9.84 Å². The van der Waals surface area contributed by atoms with E-state index in [4.69, 9.17) is 0 Å². The quantitative estimate of drug-likeness (QED) is 0.807. The Bertz CT molecular complexity index is 442. The summed E-state index contributed by atoms with van der Waals surface area (Å²) < 4.78 is 23.0. The number of sulfone groups is 1. The van der Waals surface area contributed by atoms with Crippen LogP contribution >= 0.6 is 0 Å². The lowest BCUT2D eigenvalue weighted by molar-refractivity contribution is 0.245. The molecule has 0 spiro atoms. The molecule has 0 fully saturated rings. The average Bonchev–Trinajstić information content (AvgIpc) is 2.27. The molecule has 1 aromatic carbocycles. The van der Waals surface area contributed by atoms with Crippen molar-refractivity contribution < 1.29 is 8.42 Å². The van der Waals surface area contributed by atoms with Crippen LogP contribution in [0.4, 0.5) is 0 Å². The van der Waals surface area contributed by atoms with Gasteiger partial charge in [-0.05, 0) is 26.5 Å². The summed E-state index contributed by atoms with van der Waals surface area (Å²) in [7, 11) is -1.02. The molecule has 0 aliphatic rings. The maximum atomic E-state index is 11.5. The fourth-order valence-corrected chi connectivity index (χ4v) is 2.65. The fourth-order valence-electron chi connectivity index (χ4n) is 1.73. The van der Waals surface area contributed by atoms with Gasteiger partial charge in [-0.2, -0.15) is 0 Å². The van der Waals surface area contributed by atoms with Crippen LogP contribution in [0.5, 0.6) is 0 Å². The summed E-state index contributed by atoms with van der Waals surface area (Å²) in [6.45, 7) is 4.48. The van der Waals surface area contributed by atoms with Gasteiger partial charge in [-0.3, -0.25) is 4.90 Å². The van der Waals surface area contributed by atoms with E-state index in [9.17, 15) is 8.42 Å². The number of nitrogens with zero attached hydrogens (tertiary/aromatic N) is 1. The van der Waals surface area contributed by atoms with Gasteiger partial charge < -0.3 is 0 Å². The minimum Gasteiger partial charge on any atom is -0.298 e. The Morgan fingerprint density at radius 2 is 1.71 bits per heavy atom. The second-order valence-corrected chi connectivity index (χ2v) is 7.08. The van der Waals surface area contributed by atoms with Crippen molar-refractivity contribution in [3.05, 3.63) is 35.9 Å². The van der Waals surface area contributed by atoms with Gasteiger partial charge >= 0.3 is 0 Å².